The van der Waals surface area contributed by atoms with Gasteiger partial charge in [0, 0.05) is 17.1 Å². The van der Waals surface area contributed by atoms with Crippen molar-refractivity contribution in [2.45, 2.75) is 40.0 Å². The predicted octanol–water partition coefficient (Wildman–Crippen LogP) is 6.64. The minimum atomic E-state index is -0.304. The zero-order valence-electron chi connectivity index (χ0n) is 16.7. The largest absolute Gasteiger partial charge is 0.318 e. The fraction of sp³-hybridized carbons (Fsp3) is 0.240. The topological polar surface area (TPSA) is 28.7 Å². The highest BCUT2D eigenvalue weighted by molar-refractivity contribution is 5.90. The number of hydrogen-bond donors (Lipinski definition) is 0. The molecule has 0 fully saturated rings. The lowest BCUT2D eigenvalue weighted by Crippen LogP contribution is -1.99. The molecule has 0 bridgehead atoms. The minimum Gasteiger partial charge on any atom is -0.318 e. The molecule has 3 heteroatoms. The van der Waals surface area contributed by atoms with Crippen LogP contribution < -0.4 is 0 Å². The van der Waals surface area contributed by atoms with Crippen LogP contribution in [-0.2, 0) is 6.42 Å². The van der Waals surface area contributed by atoms with E-state index in [4.69, 9.17) is 0 Å². The van der Waals surface area contributed by atoms with Crippen LogP contribution in [0.15, 0.2) is 54.6 Å². The smallest absolute Gasteiger partial charge is 0.123 e. The Morgan fingerprint density at radius 2 is 1.75 bits per heavy atom. The third-order valence-electron chi connectivity index (χ3n) is 5.06. The maximum Gasteiger partial charge on any atom is 0.123 e. The number of halogens is 1. The van der Waals surface area contributed by atoms with Crippen LogP contribution in [-0.4, -0.2) is 4.57 Å². The molecule has 0 atom stereocenters. The third kappa shape index (κ3) is 4.23. The summed E-state index contributed by atoms with van der Waals surface area (Å²) in [6.07, 6.45) is 5.39. The van der Waals surface area contributed by atoms with Gasteiger partial charge in [0.1, 0.15) is 5.82 Å². The molecule has 0 spiro atoms. The van der Waals surface area contributed by atoms with Gasteiger partial charge in [0.25, 0.3) is 0 Å². The molecule has 0 aliphatic rings. The van der Waals surface area contributed by atoms with Crippen LogP contribution in [0.2, 0.25) is 0 Å². The van der Waals surface area contributed by atoms with E-state index in [1.165, 1.54) is 30.5 Å². The van der Waals surface area contributed by atoms with Gasteiger partial charge < -0.3 is 4.57 Å². The molecule has 2 aromatic carbocycles. The molecule has 28 heavy (non-hydrogen) atoms. The van der Waals surface area contributed by atoms with Crippen LogP contribution in [0.1, 0.15) is 47.8 Å². The molecule has 0 N–H and O–H groups in total. The van der Waals surface area contributed by atoms with Crippen LogP contribution in [0.4, 0.5) is 4.39 Å². The van der Waals surface area contributed by atoms with E-state index >= 15 is 0 Å². The number of benzene rings is 2. The average Bonchev–Trinajstić information content (AvgIpc) is 2.99. The lowest BCUT2D eigenvalue weighted by atomic mass is 10.0. The number of nitriles is 1. The number of nitrogens with zero attached hydrogens (tertiary/aromatic N) is 2. The summed E-state index contributed by atoms with van der Waals surface area (Å²) in [6.45, 7) is 6.33. The van der Waals surface area contributed by atoms with Crippen LogP contribution >= 0.6 is 0 Å². The Bertz CT molecular complexity index is 1020. The monoisotopic (exact) mass is 372 g/mol. The lowest BCUT2D eigenvalue weighted by molar-refractivity contribution is 0.627. The van der Waals surface area contributed by atoms with Gasteiger partial charge in [0.05, 0.1) is 11.6 Å². The molecule has 0 saturated heterocycles. The first-order chi connectivity index (χ1) is 13.5. The summed E-state index contributed by atoms with van der Waals surface area (Å²) in [4.78, 5) is 0. The Balaban J connectivity index is 1.95. The molecule has 0 radical (unpaired) electrons. The second-order valence-corrected chi connectivity index (χ2v) is 7.11. The van der Waals surface area contributed by atoms with Crippen LogP contribution in [0.3, 0.4) is 0 Å². The van der Waals surface area contributed by atoms with Crippen molar-refractivity contribution in [3.8, 4) is 11.8 Å². The number of aromatic nitrogens is 1. The van der Waals surface area contributed by atoms with Gasteiger partial charge in [-0.15, -0.1) is 0 Å². The summed E-state index contributed by atoms with van der Waals surface area (Å²) in [5.74, 6) is -0.304. The average molecular weight is 372 g/mol. The molecule has 0 amide bonds. The number of hydrogen-bond acceptors (Lipinski definition) is 1. The van der Waals surface area contributed by atoms with E-state index < -0.39 is 0 Å². The molecule has 0 aliphatic heterocycles. The van der Waals surface area contributed by atoms with Crippen LogP contribution in [0, 0.1) is 31.0 Å². The van der Waals surface area contributed by atoms with Crippen LogP contribution in [0.25, 0.3) is 17.3 Å². The van der Waals surface area contributed by atoms with Gasteiger partial charge in [-0.2, -0.15) is 5.26 Å². The molecule has 3 aromatic rings. The molecule has 0 unspecified atom stereocenters. The van der Waals surface area contributed by atoms with Crippen molar-refractivity contribution in [3.05, 3.63) is 88.5 Å². The van der Waals surface area contributed by atoms with Crippen LogP contribution in [0.5, 0.6) is 0 Å². The zero-order chi connectivity index (χ0) is 20.1. The van der Waals surface area contributed by atoms with E-state index in [1.807, 2.05) is 6.08 Å². The van der Waals surface area contributed by atoms with E-state index in [-0.39, 0.29) is 5.82 Å². The summed E-state index contributed by atoms with van der Waals surface area (Å²) < 4.78 is 15.4. The summed E-state index contributed by atoms with van der Waals surface area (Å²) in [6, 6.07) is 19.1. The summed E-state index contributed by atoms with van der Waals surface area (Å²) >= 11 is 0. The Morgan fingerprint density at radius 1 is 1.07 bits per heavy atom. The number of aryl methyl sites for hydroxylation is 2. The predicted molar refractivity (Wildman–Crippen MR) is 114 cm³/mol. The fourth-order valence-electron chi connectivity index (χ4n) is 3.49. The summed E-state index contributed by atoms with van der Waals surface area (Å²) in [7, 11) is 0. The van der Waals surface area contributed by atoms with Crippen molar-refractivity contribution in [2.75, 3.05) is 0 Å². The summed E-state index contributed by atoms with van der Waals surface area (Å²) in [5.41, 5.74) is 6.90. The number of rotatable bonds is 6. The van der Waals surface area contributed by atoms with Crippen molar-refractivity contribution in [2.24, 2.45) is 0 Å². The SMILES string of the molecule is CCCCc1ccc(-n2c(C)cc(/C=C(\C#N)c3ccc(F)cc3)c2C)cc1. The molecular weight excluding hydrogens is 347 g/mol. The highest BCUT2D eigenvalue weighted by Gasteiger charge is 2.11. The molecule has 0 aliphatic carbocycles. The van der Waals surface area contributed by atoms with E-state index in [0.717, 1.165) is 29.1 Å². The first kappa shape index (κ1) is 19.6. The minimum absolute atomic E-state index is 0.304. The van der Waals surface area contributed by atoms with Gasteiger partial charge >= 0.3 is 0 Å². The number of allylic oxidation sites excluding steroid dienone is 1. The Hall–Kier alpha value is -3.12. The zero-order valence-corrected chi connectivity index (χ0v) is 16.7. The highest BCUT2D eigenvalue weighted by Crippen LogP contribution is 2.26. The van der Waals surface area contributed by atoms with Crippen molar-refractivity contribution >= 4 is 11.6 Å². The van der Waals surface area contributed by atoms with Crippen molar-refractivity contribution < 1.29 is 4.39 Å². The third-order valence-corrected chi connectivity index (χ3v) is 5.06. The van der Waals surface area contributed by atoms with Gasteiger partial charge in [0.15, 0.2) is 0 Å². The van der Waals surface area contributed by atoms with Gasteiger partial charge in [-0.3, -0.25) is 0 Å². The van der Waals surface area contributed by atoms with E-state index in [2.05, 4.69) is 61.7 Å². The van der Waals surface area contributed by atoms with Gasteiger partial charge in [0.2, 0.25) is 0 Å². The second-order valence-electron chi connectivity index (χ2n) is 7.11. The van der Waals surface area contributed by atoms with Gasteiger partial charge in [-0.1, -0.05) is 37.6 Å². The maximum atomic E-state index is 13.2. The molecule has 1 aromatic heterocycles. The van der Waals surface area contributed by atoms with Crippen molar-refractivity contribution in [1.82, 2.24) is 4.57 Å². The Labute approximate surface area is 166 Å². The van der Waals surface area contributed by atoms with Crippen molar-refractivity contribution in [3.63, 3.8) is 0 Å². The highest BCUT2D eigenvalue weighted by atomic mass is 19.1. The lowest BCUT2D eigenvalue weighted by Gasteiger charge is -2.11. The standard InChI is InChI=1S/C25H25FN2/c1-4-5-6-20-7-13-25(14-8-20)28-18(2)15-22(19(28)3)16-23(17-27)21-9-11-24(26)12-10-21/h7-16H,4-6H2,1-3H3/b23-16+. The Morgan fingerprint density at radius 3 is 2.36 bits per heavy atom. The summed E-state index contributed by atoms with van der Waals surface area (Å²) in [5, 5.41) is 9.58. The molecule has 142 valence electrons. The first-order valence-corrected chi connectivity index (χ1v) is 9.69. The quantitative estimate of drug-likeness (QED) is 0.446. The molecular formula is C25H25FN2. The number of unbranched alkanes of at least 4 members (excludes halogenated alkanes) is 1. The fourth-order valence-corrected chi connectivity index (χ4v) is 3.49. The normalized spacial score (nSPS) is 11.5. The molecule has 1 heterocycles. The van der Waals surface area contributed by atoms with E-state index in [1.54, 1.807) is 12.1 Å². The molecule has 0 saturated carbocycles. The second kappa shape index (κ2) is 8.71. The molecule has 3 rings (SSSR count). The Kier molecular flexibility index (Phi) is 6.11. The van der Waals surface area contributed by atoms with E-state index in [0.29, 0.717) is 11.1 Å². The maximum absolute atomic E-state index is 13.2. The first-order valence-electron chi connectivity index (χ1n) is 9.69. The van der Waals surface area contributed by atoms with E-state index in [9.17, 15) is 9.65 Å². The van der Waals surface area contributed by atoms with Crippen molar-refractivity contribution in [1.29, 1.82) is 5.26 Å². The van der Waals surface area contributed by atoms with Gasteiger partial charge in [-0.05, 0) is 79.8 Å². The van der Waals surface area contributed by atoms with Gasteiger partial charge in [-0.25, -0.2) is 4.39 Å². The molecule has 2 nitrogen and oxygen atoms in total.